The number of hydrogen-bond acceptors (Lipinski definition) is 5. The molecule has 0 fully saturated rings. The Bertz CT molecular complexity index is 550. The van der Waals surface area contributed by atoms with Crippen molar-refractivity contribution in [2.75, 3.05) is 0 Å². The minimum absolute atomic E-state index is 0.00309. The largest absolute Gasteiger partial charge is 0.494 e. The lowest BCUT2D eigenvalue weighted by molar-refractivity contribution is 0.416. The maximum atomic E-state index is 9.51. The number of aryl methyl sites for hydroxylation is 1. The van der Waals surface area contributed by atoms with Crippen LogP contribution in [0.15, 0.2) is 36.5 Å². The third-order valence-electron chi connectivity index (χ3n) is 2.78. The number of aromatic nitrogens is 2. The molecule has 6 heteroatoms. The van der Waals surface area contributed by atoms with Crippen LogP contribution in [0.25, 0.3) is 0 Å². The highest BCUT2D eigenvalue weighted by atomic mass is 32.2. The summed E-state index contributed by atoms with van der Waals surface area (Å²) in [5, 5.41) is 19.0. The summed E-state index contributed by atoms with van der Waals surface area (Å²) in [6, 6.07) is 8.78. The fraction of sp³-hybridized carbons (Fsp3) is 0.286. The van der Waals surface area contributed by atoms with Crippen molar-refractivity contribution in [1.82, 2.24) is 8.96 Å². The fourth-order valence-electron chi connectivity index (χ4n) is 1.76. The molecular formula is C14H16N2O2S2. The number of thiocarbonyl (C=S) groups is 1. The van der Waals surface area contributed by atoms with Gasteiger partial charge in [-0.05, 0) is 37.8 Å². The first-order valence-corrected chi connectivity index (χ1v) is 7.56. The number of unbranched alkanes of at least 4 members (excludes halogenated alkanes) is 1. The van der Waals surface area contributed by atoms with E-state index in [1.165, 1.54) is 28.1 Å². The Kier molecular flexibility index (Phi) is 5.43. The van der Waals surface area contributed by atoms with Crippen molar-refractivity contribution < 1.29 is 10.2 Å². The maximum Gasteiger partial charge on any atom is 0.204 e. The molecule has 0 aliphatic heterocycles. The van der Waals surface area contributed by atoms with Crippen molar-refractivity contribution in [2.45, 2.75) is 25.7 Å². The van der Waals surface area contributed by atoms with E-state index in [4.69, 9.17) is 12.2 Å². The van der Waals surface area contributed by atoms with Crippen molar-refractivity contribution in [2.24, 2.45) is 0 Å². The molecule has 0 aliphatic rings. The van der Waals surface area contributed by atoms with Crippen LogP contribution in [-0.4, -0.2) is 23.4 Å². The van der Waals surface area contributed by atoms with Crippen molar-refractivity contribution in [1.29, 1.82) is 0 Å². The Morgan fingerprint density at radius 3 is 2.55 bits per heavy atom. The van der Waals surface area contributed by atoms with Crippen molar-refractivity contribution >= 4 is 28.4 Å². The molecule has 0 unspecified atom stereocenters. The van der Waals surface area contributed by atoms with Crippen LogP contribution < -0.4 is 0 Å². The van der Waals surface area contributed by atoms with Crippen LogP contribution in [0.1, 0.15) is 25.0 Å². The molecule has 0 atom stereocenters. The van der Waals surface area contributed by atoms with E-state index in [2.05, 4.69) is 4.98 Å². The van der Waals surface area contributed by atoms with Gasteiger partial charge in [0.25, 0.3) is 0 Å². The van der Waals surface area contributed by atoms with Gasteiger partial charge < -0.3 is 10.2 Å². The smallest absolute Gasteiger partial charge is 0.204 e. The molecular weight excluding hydrogens is 292 g/mol. The lowest BCUT2D eigenvalue weighted by Gasteiger charge is -2.06. The molecule has 0 aliphatic carbocycles. The van der Waals surface area contributed by atoms with Gasteiger partial charge in [0, 0.05) is 36.0 Å². The van der Waals surface area contributed by atoms with E-state index in [9.17, 15) is 10.2 Å². The third-order valence-corrected chi connectivity index (χ3v) is 4.17. The average Bonchev–Trinajstić information content (AvgIpc) is 2.77. The van der Waals surface area contributed by atoms with Gasteiger partial charge in [-0.3, -0.25) is 4.98 Å². The summed E-state index contributed by atoms with van der Waals surface area (Å²) in [4.78, 5) is 4.27. The van der Waals surface area contributed by atoms with Crippen molar-refractivity contribution in [3.63, 3.8) is 0 Å². The van der Waals surface area contributed by atoms with Crippen LogP contribution in [0.3, 0.4) is 0 Å². The van der Waals surface area contributed by atoms with Gasteiger partial charge in [-0.25, -0.2) is 3.97 Å². The molecule has 2 aromatic heterocycles. The van der Waals surface area contributed by atoms with Crippen LogP contribution in [0.5, 0.6) is 11.8 Å². The zero-order chi connectivity index (χ0) is 14.4. The van der Waals surface area contributed by atoms with Crippen molar-refractivity contribution in [3.8, 4) is 11.8 Å². The van der Waals surface area contributed by atoms with E-state index in [0.717, 1.165) is 35.6 Å². The summed E-state index contributed by atoms with van der Waals surface area (Å²) in [7, 11) is 0. The number of nitrogens with zero attached hydrogens (tertiary/aromatic N) is 2. The first-order valence-electron chi connectivity index (χ1n) is 6.37. The number of rotatable bonds is 6. The van der Waals surface area contributed by atoms with E-state index < -0.39 is 0 Å². The Balaban J connectivity index is 1.71. The third kappa shape index (κ3) is 4.25. The first-order chi connectivity index (χ1) is 9.66. The van der Waals surface area contributed by atoms with Gasteiger partial charge in [-0.15, -0.1) is 0 Å². The average molecular weight is 308 g/mol. The fourth-order valence-corrected chi connectivity index (χ4v) is 2.88. The molecule has 0 bridgehead atoms. The van der Waals surface area contributed by atoms with Crippen LogP contribution in [-0.2, 0) is 6.42 Å². The Morgan fingerprint density at radius 2 is 1.90 bits per heavy atom. The van der Waals surface area contributed by atoms with Gasteiger partial charge in [0.2, 0.25) is 11.8 Å². The van der Waals surface area contributed by atoms with Gasteiger partial charge in [-0.2, -0.15) is 0 Å². The van der Waals surface area contributed by atoms with Gasteiger partial charge in [0.05, 0.1) is 4.20 Å². The van der Waals surface area contributed by atoms with Gasteiger partial charge >= 0.3 is 0 Å². The topological polar surface area (TPSA) is 58.3 Å². The van der Waals surface area contributed by atoms with E-state index >= 15 is 0 Å². The maximum absolute atomic E-state index is 9.51. The molecule has 0 saturated carbocycles. The van der Waals surface area contributed by atoms with E-state index in [0.29, 0.717) is 0 Å². The van der Waals surface area contributed by atoms with Gasteiger partial charge in [0.15, 0.2) is 0 Å². The lowest BCUT2D eigenvalue weighted by Crippen LogP contribution is -1.96. The SMILES string of the molecule is Oc1ccc(O)n1SC(=S)CCCCc1ccccn1. The minimum atomic E-state index is 0.00309. The molecule has 0 amide bonds. The highest BCUT2D eigenvalue weighted by molar-refractivity contribution is 8.22. The Morgan fingerprint density at radius 1 is 1.15 bits per heavy atom. The summed E-state index contributed by atoms with van der Waals surface area (Å²) in [5.41, 5.74) is 1.09. The highest BCUT2D eigenvalue weighted by Gasteiger charge is 2.09. The molecule has 2 rings (SSSR count). The first kappa shape index (κ1) is 14.9. The second-order valence-corrected chi connectivity index (χ2v) is 6.13. The van der Waals surface area contributed by atoms with E-state index in [1.54, 1.807) is 6.20 Å². The Labute approximate surface area is 127 Å². The molecule has 2 heterocycles. The minimum Gasteiger partial charge on any atom is -0.494 e. The highest BCUT2D eigenvalue weighted by Crippen LogP contribution is 2.29. The summed E-state index contributed by atoms with van der Waals surface area (Å²) in [6.07, 6.45) is 5.48. The molecule has 0 aromatic carbocycles. The summed E-state index contributed by atoms with van der Waals surface area (Å²) in [6.45, 7) is 0. The molecule has 4 nitrogen and oxygen atoms in total. The normalized spacial score (nSPS) is 10.6. The predicted octanol–water partition coefficient (Wildman–Crippen LogP) is 3.53. The summed E-state index contributed by atoms with van der Waals surface area (Å²) in [5.74, 6) is 0.00618. The molecule has 106 valence electrons. The summed E-state index contributed by atoms with van der Waals surface area (Å²) < 4.78 is 2.06. The second kappa shape index (κ2) is 7.31. The van der Waals surface area contributed by atoms with Gasteiger partial charge in [0.1, 0.15) is 0 Å². The number of pyridine rings is 1. The molecule has 0 spiro atoms. The molecule has 20 heavy (non-hydrogen) atoms. The van der Waals surface area contributed by atoms with Crippen LogP contribution >= 0.6 is 24.2 Å². The zero-order valence-electron chi connectivity index (χ0n) is 10.9. The predicted molar refractivity (Wildman–Crippen MR) is 85.1 cm³/mol. The molecule has 2 N–H and O–H groups in total. The van der Waals surface area contributed by atoms with Crippen LogP contribution in [0, 0.1) is 0 Å². The van der Waals surface area contributed by atoms with Gasteiger partial charge in [-0.1, -0.05) is 18.3 Å². The number of hydrogen-bond donors (Lipinski definition) is 2. The summed E-state index contributed by atoms with van der Waals surface area (Å²) >= 11 is 6.44. The van der Waals surface area contributed by atoms with E-state index in [1.807, 2.05) is 18.2 Å². The van der Waals surface area contributed by atoms with Crippen molar-refractivity contribution in [3.05, 3.63) is 42.2 Å². The molecule has 2 aromatic rings. The van der Waals surface area contributed by atoms with E-state index in [-0.39, 0.29) is 11.8 Å². The Hall–Kier alpha value is -1.53. The standard InChI is InChI=1S/C14H16N2O2S2/c17-12-8-9-13(18)16(12)20-14(19)7-2-1-5-11-6-3-4-10-15-11/h3-4,6,8-10,17-18H,1-2,5,7H2. The lowest BCUT2D eigenvalue weighted by atomic mass is 10.1. The second-order valence-electron chi connectivity index (χ2n) is 4.34. The zero-order valence-corrected chi connectivity index (χ0v) is 12.5. The van der Waals surface area contributed by atoms with Crippen LogP contribution in [0.2, 0.25) is 0 Å². The monoisotopic (exact) mass is 308 g/mol. The van der Waals surface area contributed by atoms with Crippen LogP contribution in [0.4, 0.5) is 0 Å². The molecule has 0 radical (unpaired) electrons. The molecule has 0 saturated heterocycles. The quantitative estimate of drug-likeness (QED) is 0.631. The number of aromatic hydroxyl groups is 2.